The zero-order valence-electron chi connectivity index (χ0n) is 11.3. The van der Waals surface area contributed by atoms with Gasteiger partial charge < -0.3 is 5.32 Å². The first-order valence-electron chi connectivity index (χ1n) is 6.54. The predicted octanol–water partition coefficient (Wildman–Crippen LogP) is 2.40. The Hall–Kier alpha value is -2.18. The van der Waals surface area contributed by atoms with Crippen molar-refractivity contribution in [3.63, 3.8) is 0 Å². The SMILES string of the molecule is O=C(NCCc1nnc2ccccn12)c1nc(Cl)ccc1Cl. The standard InChI is InChI=1S/C14H11Cl2N5O/c15-9-4-5-10(16)18-13(9)14(22)17-7-6-12-20-19-11-3-1-2-8-21(11)12/h1-5,8H,6-7H2,(H,17,22). The first-order valence-corrected chi connectivity index (χ1v) is 7.29. The maximum Gasteiger partial charge on any atom is 0.271 e. The van der Waals surface area contributed by atoms with Crippen molar-refractivity contribution < 1.29 is 4.79 Å². The molecule has 0 saturated carbocycles. The summed E-state index contributed by atoms with van der Waals surface area (Å²) in [6.07, 6.45) is 2.41. The van der Waals surface area contributed by atoms with E-state index < -0.39 is 0 Å². The Morgan fingerprint density at radius 3 is 2.91 bits per heavy atom. The summed E-state index contributed by atoms with van der Waals surface area (Å²) in [7, 11) is 0. The number of pyridine rings is 2. The van der Waals surface area contributed by atoms with Crippen LogP contribution >= 0.6 is 23.2 Å². The van der Waals surface area contributed by atoms with Gasteiger partial charge in [-0.1, -0.05) is 29.3 Å². The van der Waals surface area contributed by atoms with Crippen molar-refractivity contribution in [2.45, 2.75) is 6.42 Å². The number of aromatic nitrogens is 4. The molecule has 0 aliphatic carbocycles. The van der Waals surface area contributed by atoms with Crippen LogP contribution in [0.25, 0.3) is 5.65 Å². The lowest BCUT2D eigenvalue weighted by molar-refractivity contribution is 0.0949. The Labute approximate surface area is 136 Å². The molecule has 3 rings (SSSR count). The minimum absolute atomic E-state index is 0.111. The van der Waals surface area contributed by atoms with Crippen LogP contribution in [0, 0.1) is 0 Å². The lowest BCUT2D eigenvalue weighted by Gasteiger charge is -2.05. The van der Waals surface area contributed by atoms with Crippen molar-refractivity contribution in [2.24, 2.45) is 0 Å². The predicted molar refractivity (Wildman–Crippen MR) is 83.3 cm³/mol. The Bertz CT molecular complexity index is 833. The minimum Gasteiger partial charge on any atom is -0.350 e. The van der Waals surface area contributed by atoms with Gasteiger partial charge in [-0.05, 0) is 24.3 Å². The third-order valence-corrected chi connectivity index (χ3v) is 3.56. The van der Waals surface area contributed by atoms with Gasteiger partial charge in [0.05, 0.1) is 5.02 Å². The van der Waals surface area contributed by atoms with Crippen molar-refractivity contribution >= 4 is 34.8 Å². The molecule has 0 aliphatic heterocycles. The Balaban J connectivity index is 1.65. The highest BCUT2D eigenvalue weighted by Crippen LogP contribution is 2.16. The highest BCUT2D eigenvalue weighted by Gasteiger charge is 2.13. The van der Waals surface area contributed by atoms with Gasteiger partial charge in [0, 0.05) is 19.2 Å². The van der Waals surface area contributed by atoms with Gasteiger partial charge in [0.15, 0.2) is 5.65 Å². The first kappa shape index (κ1) is 14.7. The van der Waals surface area contributed by atoms with Gasteiger partial charge in [0.25, 0.3) is 5.91 Å². The topological polar surface area (TPSA) is 72.2 Å². The summed E-state index contributed by atoms with van der Waals surface area (Å²) < 4.78 is 1.87. The summed E-state index contributed by atoms with van der Waals surface area (Å²) in [5.41, 5.74) is 0.878. The third-order valence-electron chi connectivity index (χ3n) is 3.05. The molecule has 3 heterocycles. The van der Waals surface area contributed by atoms with E-state index in [4.69, 9.17) is 23.2 Å². The van der Waals surface area contributed by atoms with Crippen molar-refractivity contribution in [3.8, 4) is 0 Å². The van der Waals surface area contributed by atoms with E-state index in [1.165, 1.54) is 12.1 Å². The summed E-state index contributed by atoms with van der Waals surface area (Å²) in [5.74, 6) is 0.391. The molecule has 1 N–H and O–H groups in total. The van der Waals surface area contributed by atoms with Crippen molar-refractivity contribution in [3.05, 3.63) is 58.2 Å². The molecule has 0 aromatic carbocycles. The number of hydrogen-bond acceptors (Lipinski definition) is 4. The van der Waals surface area contributed by atoms with Crippen molar-refractivity contribution in [2.75, 3.05) is 6.54 Å². The van der Waals surface area contributed by atoms with E-state index in [0.29, 0.717) is 13.0 Å². The van der Waals surface area contributed by atoms with Crippen LogP contribution in [-0.4, -0.2) is 32.0 Å². The number of hydrogen-bond donors (Lipinski definition) is 1. The maximum atomic E-state index is 12.1. The van der Waals surface area contributed by atoms with E-state index in [0.717, 1.165) is 11.5 Å². The highest BCUT2D eigenvalue weighted by atomic mass is 35.5. The van der Waals surface area contributed by atoms with Crippen LogP contribution < -0.4 is 5.32 Å². The molecule has 0 radical (unpaired) electrons. The first-order chi connectivity index (χ1) is 10.6. The van der Waals surface area contributed by atoms with Crippen LogP contribution in [0.4, 0.5) is 0 Å². The number of halogens is 2. The molecule has 0 unspecified atom stereocenters. The number of nitrogens with one attached hydrogen (secondary N) is 1. The van der Waals surface area contributed by atoms with Gasteiger partial charge in [-0.3, -0.25) is 9.20 Å². The van der Waals surface area contributed by atoms with E-state index in [2.05, 4.69) is 20.5 Å². The second kappa shape index (κ2) is 6.29. The number of carbonyl (C=O) groups excluding carboxylic acids is 1. The molecule has 0 bridgehead atoms. The van der Waals surface area contributed by atoms with Crippen LogP contribution in [0.2, 0.25) is 10.2 Å². The zero-order valence-corrected chi connectivity index (χ0v) is 12.8. The maximum absolute atomic E-state index is 12.1. The normalized spacial score (nSPS) is 10.8. The van der Waals surface area contributed by atoms with E-state index in [9.17, 15) is 4.79 Å². The van der Waals surface area contributed by atoms with E-state index in [1.807, 2.05) is 28.8 Å². The van der Waals surface area contributed by atoms with Gasteiger partial charge in [-0.15, -0.1) is 10.2 Å². The quantitative estimate of drug-likeness (QED) is 0.743. The Kier molecular flexibility index (Phi) is 4.22. The minimum atomic E-state index is -0.374. The molecule has 0 spiro atoms. The summed E-state index contributed by atoms with van der Waals surface area (Å²) in [5, 5.41) is 11.4. The molecule has 6 nitrogen and oxygen atoms in total. The van der Waals surface area contributed by atoms with Gasteiger partial charge in [0.2, 0.25) is 0 Å². The Morgan fingerprint density at radius 2 is 2.05 bits per heavy atom. The van der Waals surface area contributed by atoms with Crippen LogP contribution in [0.15, 0.2) is 36.5 Å². The smallest absolute Gasteiger partial charge is 0.271 e. The summed E-state index contributed by atoms with van der Waals surface area (Å²) in [6.45, 7) is 0.388. The molecule has 0 aliphatic rings. The molecule has 8 heteroatoms. The van der Waals surface area contributed by atoms with E-state index in [-0.39, 0.29) is 21.8 Å². The van der Waals surface area contributed by atoms with E-state index in [1.54, 1.807) is 0 Å². The van der Waals surface area contributed by atoms with E-state index >= 15 is 0 Å². The average molecular weight is 336 g/mol. The molecule has 0 saturated heterocycles. The van der Waals surface area contributed by atoms with Gasteiger partial charge in [0.1, 0.15) is 16.7 Å². The molecular formula is C14H11Cl2N5O. The largest absolute Gasteiger partial charge is 0.350 e. The van der Waals surface area contributed by atoms with Crippen LogP contribution in [0.1, 0.15) is 16.3 Å². The number of nitrogens with zero attached hydrogens (tertiary/aromatic N) is 4. The second-order valence-electron chi connectivity index (χ2n) is 4.52. The fourth-order valence-corrected chi connectivity index (χ4v) is 2.35. The summed E-state index contributed by atoms with van der Waals surface area (Å²) in [6, 6.07) is 8.72. The number of rotatable bonds is 4. The van der Waals surface area contributed by atoms with Crippen molar-refractivity contribution in [1.82, 2.24) is 24.9 Å². The van der Waals surface area contributed by atoms with Crippen LogP contribution in [0.3, 0.4) is 0 Å². The molecule has 3 aromatic heterocycles. The molecule has 0 fully saturated rings. The third kappa shape index (κ3) is 3.03. The van der Waals surface area contributed by atoms with Crippen molar-refractivity contribution in [1.29, 1.82) is 0 Å². The molecule has 1 amide bonds. The molecular weight excluding hydrogens is 325 g/mol. The Morgan fingerprint density at radius 1 is 1.18 bits per heavy atom. The lowest BCUT2D eigenvalue weighted by atomic mass is 10.3. The molecule has 0 atom stereocenters. The number of carbonyl (C=O) groups is 1. The lowest BCUT2D eigenvalue weighted by Crippen LogP contribution is -2.27. The van der Waals surface area contributed by atoms with Gasteiger partial charge >= 0.3 is 0 Å². The molecule has 22 heavy (non-hydrogen) atoms. The highest BCUT2D eigenvalue weighted by molar-refractivity contribution is 6.34. The fraction of sp³-hybridized carbons (Fsp3) is 0.143. The molecule has 112 valence electrons. The van der Waals surface area contributed by atoms with Gasteiger partial charge in [-0.25, -0.2) is 4.98 Å². The van der Waals surface area contributed by atoms with Crippen LogP contribution in [-0.2, 0) is 6.42 Å². The summed E-state index contributed by atoms with van der Waals surface area (Å²) >= 11 is 11.7. The zero-order chi connectivity index (χ0) is 15.5. The van der Waals surface area contributed by atoms with Gasteiger partial charge in [-0.2, -0.15) is 0 Å². The fourth-order valence-electron chi connectivity index (χ4n) is 2.01. The number of fused-ring (bicyclic) bond motifs is 1. The monoisotopic (exact) mass is 335 g/mol. The average Bonchev–Trinajstić information content (AvgIpc) is 2.93. The number of amides is 1. The summed E-state index contributed by atoms with van der Waals surface area (Å²) in [4.78, 5) is 16.0. The molecule has 3 aromatic rings. The second-order valence-corrected chi connectivity index (χ2v) is 5.31. The van der Waals surface area contributed by atoms with Crippen LogP contribution in [0.5, 0.6) is 0 Å².